The normalized spacial score (nSPS) is 12.4. The molecule has 0 saturated carbocycles. The van der Waals surface area contributed by atoms with E-state index in [-0.39, 0.29) is 5.41 Å². The average molecular weight is 350 g/mol. The van der Waals surface area contributed by atoms with E-state index < -0.39 is 0 Å². The predicted octanol–water partition coefficient (Wildman–Crippen LogP) is 5.49. The van der Waals surface area contributed by atoms with Gasteiger partial charge in [0.05, 0.1) is 3.57 Å². The number of fused-ring (bicyclic) bond motifs is 3. The molecule has 92 valence electrons. The van der Waals surface area contributed by atoms with Crippen molar-refractivity contribution < 1.29 is 4.42 Å². The van der Waals surface area contributed by atoms with Gasteiger partial charge >= 0.3 is 0 Å². The Morgan fingerprint density at radius 3 is 2.44 bits per heavy atom. The van der Waals surface area contributed by atoms with Crippen molar-refractivity contribution in [3.05, 3.63) is 45.5 Å². The van der Waals surface area contributed by atoms with Gasteiger partial charge in [-0.2, -0.15) is 0 Å². The van der Waals surface area contributed by atoms with Crippen LogP contribution in [0.25, 0.3) is 21.9 Å². The fourth-order valence-corrected chi connectivity index (χ4v) is 3.05. The summed E-state index contributed by atoms with van der Waals surface area (Å²) < 4.78 is 7.18. The number of rotatable bonds is 0. The Bertz CT molecular complexity index is 732. The molecule has 0 radical (unpaired) electrons. The third kappa shape index (κ3) is 1.74. The molecule has 0 aliphatic rings. The fourth-order valence-electron chi connectivity index (χ4n) is 2.44. The van der Waals surface area contributed by atoms with Crippen LogP contribution < -0.4 is 0 Å². The van der Waals surface area contributed by atoms with E-state index in [1.807, 2.05) is 0 Å². The average Bonchev–Trinajstić information content (AvgIpc) is 2.68. The van der Waals surface area contributed by atoms with Gasteiger partial charge in [-0.15, -0.1) is 0 Å². The van der Waals surface area contributed by atoms with E-state index >= 15 is 0 Å². The molecule has 1 heterocycles. The second-order valence-corrected chi connectivity index (χ2v) is 6.81. The summed E-state index contributed by atoms with van der Waals surface area (Å²) in [4.78, 5) is 0. The van der Waals surface area contributed by atoms with Crippen LogP contribution in [-0.4, -0.2) is 0 Å². The van der Waals surface area contributed by atoms with Crippen molar-refractivity contribution >= 4 is 44.5 Å². The van der Waals surface area contributed by atoms with Gasteiger partial charge in [-0.1, -0.05) is 45.0 Å². The first kappa shape index (κ1) is 12.0. The summed E-state index contributed by atoms with van der Waals surface area (Å²) in [7, 11) is 0. The van der Waals surface area contributed by atoms with Crippen molar-refractivity contribution in [2.45, 2.75) is 26.2 Å². The lowest BCUT2D eigenvalue weighted by molar-refractivity contribution is 0.594. The SMILES string of the molecule is CC(C)(C)c1cccc2oc3c(I)cccc3c12. The highest BCUT2D eigenvalue weighted by atomic mass is 127. The van der Waals surface area contributed by atoms with Crippen LogP contribution in [0.15, 0.2) is 40.8 Å². The Morgan fingerprint density at radius 1 is 1.00 bits per heavy atom. The van der Waals surface area contributed by atoms with Crippen LogP contribution in [0.3, 0.4) is 0 Å². The summed E-state index contributed by atoms with van der Waals surface area (Å²) in [5.41, 5.74) is 3.46. The zero-order chi connectivity index (χ0) is 12.9. The zero-order valence-corrected chi connectivity index (χ0v) is 12.9. The lowest BCUT2D eigenvalue weighted by Crippen LogP contribution is -2.11. The van der Waals surface area contributed by atoms with Crippen molar-refractivity contribution in [2.75, 3.05) is 0 Å². The van der Waals surface area contributed by atoms with Crippen LogP contribution in [0.2, 0.25) is 0 Å². The standard InChI is InChI=1S/C16H15IO/c1-16(2,3)11-7-5-9-13-14(11)10-6-4-8-12(17)15(10)18-13/h4-9H,1-3H3. The van der Waals surface area contributed by atoms with Gasteiger partial charge in [0.25, 0.3) is 0 Å². The molecule has 0 N–H and O–H groups in total. The lowest BCUT2D eigenvalue weighted by atomic mass is 9.84. The van der Waals surface area contributed by atoms with Crippen LogP contribution in [0.1, 0.15) is 26.3 Å². The van der Waals surface area contributed by atoms with Crippen LogP contribution in [0, 0.1) is 3.57 Å². The summed E-state index contributed by atoms with van der Waals surface area (Å²) in [6.07, 6.45) is 0. The van der Waals surface area contributed by atoms with E-state index in [2.05, 4.69) is 79.8 Å². The maximum Gasteiger partial charge on any atom is 0.148 e. The van der Waals surface area contributed by atoms with E-state index in [0.717, 1.165) is 11.2 Å². The topological polar surface area (TPSA) is 13.1 Å². The van der Waals surface area contributed by atoms with Gasteiger partial charge in [-0.25, -0.2) is 0 Å². The van der Waals surface area contributed by atoms with Crippen molar-refractivity contribution in [1.29, 1.82) is 0 Å². The van der Waals surface area contributed by atoms with Crippen LogP contribution in [-0.2, 0) is 5.41 Å². The number of para-hydroxylation sites is 1. The van der Waals surface area contributed by atoms with Gasteiger partial charge in [0.2, 0.25) is 0 Å². The molecular formula is C16H15IO. The lowest BCUT2D eigenvalue weighted by Gasteiger charge is -2.19. The zero-order valence-electron chi connectivity index (χ0n) is 10.8. The van der Waals surface area contributed by atoms with Gasteiger partial charge < -0.3 is 4.42 Å². The van der Waals surface area contributed by atoms with Crippen LogP contribution in [0.5, 0.6) is 0 Å². The molecule has 0 amide bonds. The molecule has 0 spiro atoms. The summed E-state index contributed by atoms with van der Waals surface area (Å²) in [6.45, 7) is 6.73. The Labute approximate surface area is 120 Å². The van der Waals surface area contributed by atoms with E-state index in [1.165, 1.54) is 19.9 Å². The van der Waals surface area contributed by atoms with E-state index in [0.29, 0.717) is 0 Å². The maximum absolute atomic E-state index is 6.01. The number of hydrogen-bond acceptors (Lipinski definition) is 1. The van der Waals surface area contributed by atoms with Gasteiger partial charge in [0, 0.05) is 10.8 Å². The Hall–Kier alpha value is -1.03. The van der Waals surface area contributed by atoms with Gasteiger partial charge in [-0.05, 0) is 45.7 Å². The quantitative estimate of drug-likeness (QED) is 0.489. The first-order chi connectivity index (χ1) is 8.48. The molecule has 0 aliphatic carbocycles. The van der Waals surface area contributed by atoms with Crippen LogP contribution >= 0.6 is 22.6 Å². The highest BCUT2D eigenvalue weighted by molar-refractivity contribution is 14.1. The fraction of sp³-hybridized carbons (Fsp3) is 0.250. The summed E-state index contributed by atoms with van der Waals surface area (Å²) >= 11 is 2.33. The smallest absolute Gasteiger partial charge is 0.148 e. The summed E-state index contributed by atoms with van der Waals surface area (Å²) in [5, 5.41) is 2.49. The molecule has 3 rings (SSSR count). The molecule has 0 unspecified atom stereocenters. The maximum atomic E-state index is 6.01. The summed E-state index contributed by atoms with van der Waals surface area (Å²) in [5.74, 6) is 0. The molecule has 0 aliphatic heterocycles. The molecule has 2 heteroatoms. The van der Waals surface area contributed by atoms with Crippen LogP contribution in [0.4, 0.5) is 0 Å². The Morgan fingerprint density at radius 2 is 1.72 bits per heavy atom. The number of benzene rings is 2. The van der Waals surface area contributed by atoms with Crippen molar-refractivity contribution in [3.63, 3.8) is 0 Å². The van der Waals surface area contributed by atoms with Crippen molar-refractivity contribution in [3.8, 4) is 0 Å². The third-order valence-corrected chi connectivity index (χ3v) is 4.13. The van der Waals surface area contributed by atoms with E-state index in [4.69, 9.17) is 4.42 Å². The highest BCUT2D eigenvalue weighted by Gasteiger charge is 2.20. The monoisotopic (exact) mass is 350 g/mol. The molecule has 0 fully saturated rings. The van der Waals surface area contributed by atoms with Gasteiger partial charge in [-0.3, -0.25) is 0 Å². The largest absolute Gasteiger partial charge is 0.455 e. The third-order valence-electron chi connectivity index (χ3n) is 3.28. The highest BCUT2D eigenvalue weighted by Crippen LogP contribution is 2.38. The molecule has 0 saturated heterocycles. The minimum absolute atomic E-state index is 0.123. The van der Waals surface area contributed by atoms with Gasteiger partial charge in [0.1, 0.15) is 11.2 Å². The number of halogens is 1. The Kier molecular flexibility index (Phi) is 2.66. The minimum Gasteiger partial charge on any atom is -0.455 e. The second-order valence-electron chi connectivity index (χ2n) is 5.65. The number of furan rings is 1. The Balaban J connectivity index is 2.54. The minimum atomic E-state index is 0.123. The van der Waals surface area contributed by atoms with Gasteiger partial charge in [0.15, 0.2) is 0 Å². The van der Waals surface area contributed by atoms with E-state index in [1.54, 1.807) is 0 Å². The molecule has 1 aromatic heterocycles. The molecule has 3 aromatic rings. The second kappa shape index (κ2) is 3.98. The molecule has 2 aromatic carbocycles. The first-order valence-corrected chi connectivity index (χ1v) is 7.16. The van der Waals surface area contributed by atoms with Crippen molar-refractivity contribution in [2.24, 2.45) is 0 Å². The predicted molar refractivity (Wildman–Crippen MR) is 85.1 cm³/mol. The van der Waals surface area contributed by atoms with E-state index in [9.17, 15) is 0 Å². The molecule has 1 nitrogen and oxygen atoms in total. The first-order valence-electron chi connectivity index (χ1n) is 6.09. The molecule has 0 bridgehead atoms. The molecule has 18 heavy (non-hydrogen) atoms. The molecule has 0 atom stereocenters. The number of hydrogen-bond donors (Lipinski definition) is 0. The summed E-state index contributed by atoms with van der Waals surface area (Å²) in [6, 6.07) is 12.7. The molecular weight excluding hydrogens is 335 g/mol. The van der Waals surface area contributed by atoms with Crippen molar-refractivity contribution in [1.82, 2.24) is 0 Å².